The SMILES string of the molecule is CN1CC[C@H](C(=O)N2Cc3nc(NC4CCOCC4)ncc3[C@@H]3C[C@@H]32)[C@@H](c2ccccc2)C1. The first-order valence-corrected chi connectivity index (χ1v) is 12.4. The standard InChI is InChI=1S/C26H33N5O2/c1-30-10-7-19(22(15-30)17-5-3-2-4-6-17)25(32)31-16-23-21(20-13-24(20)31)14-27-26(29-23)28-18-8-11-33-12-9-18/h2-6,14,18-20,22,24H,7-13,15-16H2,1H3,(H,27,28,29)/t19-,20-,22+,24-/m0/s1. The second-order valence-electron chi connectivity index (χ2n) is 10.2. The van der Waals surface area contributed by atoms with Gasteiger partial charge in [0.25, 0.3) is 0 Å². The third-order valence-corrected chi connectivity index (χ3v) is 7.98. The molecular weight excluding hydrogens is 414 g/mol. The Hall–Kier alpha value is -2.51. The molecule has 4 aliphatic rings. The molecule has 1 aromatic heterocycles. The normalized spacial score (nSPS) is 29.8. The molecule has 1 saturated carbocycles. The van der Waals surface area contributed by atoms with E-state index < -0.39 is 0 Å². The van der Waals surface area contributed by atoms with Crippen LogP contribution in [0.5, 0.6) is 0 Å². The molecule has 1 aromatic carbocycles. The zero-order valence-corrected chi connectivity index (χ0v) is 19.3. The van der Waals surface area contributed by atoms with Gasteiger partial charge in [0.2, 0.25) is 11.9 Å². The first-order chi connectivity index (χ1) is 16.2. The number of benzene rings is 1. The lowest BCUT2D eigenvalue weighted by Crippen LogP contribution is -2.47. The molecule has 1 N–H and O–H groups in total. The van der Waals surface area contributed by atoms with Crippen LogP contribution in [-0.2, 0) is 16.1 Å². The van der Waals surface area contributed by atoms with Crippen molar-refractivity contribution < 1.29 is 9.53 Å². The molecule has 7 heteroatoms. The predicted molar refractivity (Wildman–Crippen MR) is 126 cm³/mol. The molecule has 7 nitrogen and oxygen atoms in total. The number of likely N-dealkylation sites (N-methyl/N-ethyl adjacent to an activating group) is 1. The quantitative estimate of drug-likeness (QED) is 0.777. The summed E-state index contributed by atoms with van der Waals surface area (Å²) in [6.45, 7) is 4.08. The van der Waals surface area contributed by atoms with E-state index >= 15 is 0 Å². The molecular formula is C26H33N5O2. The van der Waals surface area contributed by atoms with E-state index in [0.717, 1.165) is 57.7 Å². The van der Waals surface area contributed by atoms with Crippen molar-refractivity contribution in [1.29, 1.82) is 0 Å². The van der Waals surface area contributed by atoms with E-state index in [1.165, 1.54) is 11.1 Å². The van der Waals surface area contributed by atoms with E-state index in [9.17, 15) is 4.79 Å². The van der Waals surface area contributed by atoms with Gasteiger partial charge in [-0.2, -0.15) is 0 Å². The Morgan fingerprint density at radius 1 is 1.12 bits per heavy atom. The fraction of sp³-hybridized carbons (Fsp3) is 0.577. The number of rotatable bonds is 4. The molecule has 0 radical (unpaired) electrons. The van der Waals surface area contributed by atoms with E-state index in [1.54, 1.807) is 0 Å². The zero-order valence-electron chi connectivity index (χ0n) is 19.3. The van der Waals surface area contributed by atoms with Crippen molar-refractivity contribution in [3.8, 4) is 0 Å². The zero-order chi connectivity index (χ0) is 22.4. The molecule has 0 spiro atoms. The fourth-order valence-corrected chi connectivity index (χ4v) is 6.00. The van der Waals surface area contributed by atoms with E-state index in [0.29, 0.717) is 36.4 Å². The summed E-state index contributed by atoms with van der Waals surface area (Å²) in [7, 11) is 2.16. The minimum absolute atomic E-state index is 0.0353. The number of nitrogens with zero attached hydrogens (tertiary/aromatic N) is 4. The maximum atomic E-state index is 13.9. The van der Waals surface area contributed by atoms with Crippen LogP contribution in [0.2, 0.25) is 0 Å². The van der Waals surface area contributed by atoms with Gasteiger partial charge in [-0.25, -0.2) is 9.97 Å². The molecule has 174 valence electrons. The number of nitrogens with one attached hydrogen (secondary N) is 1. The van der Waals surface area contributed by atoms with Crippen molar-refractivity contribution >= 4 is 11.9 Å². The molecule has 33 heavy (non-hydrogen) atoms. The first kappa shape index (κ1) is 21.1. The molecule has 4 atom stereocenters. The fourth-order valence-electron chi connectivity index (χ4n) is 6.00. The van der Waals surface area contributed by atoms with Gasteiger partial charge in [0.05, 0.1) is 12.2 Å². The number of aromatic nitrogens is 2. The van der Waals surface area contributed by atoms with Gasteiger partial charge in [-0.05, 0) is 50.4 Å². The first-order valence-electron chi connectivity index (χ1n) is 12.4. The topological polar surface area (TPSA) is 70.6 Å². The summed E-state index contributed by atoms with van der Waals surface area (Å²) >= 11 is 0. The van der Waals surface area contributed by atoms with Crippen LogP contribution in [0.25, 0.3) is 0 Å². The second-order valence-corrected chi connectivity index (χ2v) is 10.2. The summed E-state index contributed by atoms with van der Waals surface area (Å²) in [4.78, 5) is 27.9. The van der Waals surface area contributed by atoms with Crippen LogP contribution in [-0.4, -0.2) is 71.1 Å². The lowest BCUT2D eigenvalue weighted by Gasteiger charge is -2.39. The van der Waals surface area contributed by atoms with Crippen LogP contribution >= 0.6 is 0 Å². The minimum atomic E-state index is 0.0353. The van der Waals surface area contributed by atoms with Gasteiger partial charge in [-0.1, -0.05) is 30.3 Å². The maximum Gasteiger partial charge on any atom is 0.227 e. The largest absolute Gasteiger partial charge is 0.381 e. The Labute approximate surface area is 195 Å². The molecule has 6 rings (SSSR count). The molecule has 0 bridgehead atoms. The molecule has 0 unspecified atom stereocenters. The smallest absolute Gasteiger partial charge is 0.227 e. The van der Waals surface area contributed by atoms with Gasteiger partial charge in [0.1, 0.15) is 0 Å². The Morgan fingerprint density at radius 3 is 2.76 bits per heavy atom. The van der Waals surface area contributed by atoms with Crippen molar-refractivity contribution in [1.82, 2.24) is 19.8 Å². The van der Waals surface area contributed by atoms with Crippen LogP contribution in [0.15, 0.2) is 36.5 Å². The van der Waals surface area contributed by atoms with Crippen molar-refractivity contribution in [2.75, 3.05) is 38.7 Å². The Morgan fingerprint density at radius 2 is 1.94 bits per heavy atom. The average molecular weight is 448 g/mol. The summed E-state index contributed by atoms with van der Waals surface area (Å²) in [6, 6.07) is 11.3. The average Bonchev–Trinajstić information content (AvgIpc) is 3.65. The number of likely N-dealkylation sites (tertiary alicyclic amines) is 1. The minimum Gasteiger partial charge on any atom is -0.381 e. The van der Waals surface area contributed by atoms with Crippen molar-refractivity contribution in [2.45, 2.75) is 56.1 Å². The van der Waals surface area contributed by atoms with Gasteiger partial charge in [0, 0.05) is 55.8 Å². The number of hydrogen-bond donors (Lipinski definition) is 1. The number of fused-ring (bicyclic) bond motifs is 3. The van der Waals surface area contributed by atoms with Crippen LogP contribution in [0.3, 0.4) is 0 Å². The number of carbonyl (C=O) groups is 1. The molecule has 1 amide bonds. The number of anilines is 1. The molecule has 4 heterocycles. The molecule has 3 aliphatic heterocycles. The Balaban J connectivity index is 1.22. The van der Waals surface area contributed by atoms with E-state index in [2.05, 4.69) is 57.5 Å². The van der Waals surface area contributed by atoms with Gasteiger partial charge < -0.3 is 19.9 Å². The lowest BCUT2D eigenvalue weighted by atomic mass is 9.79. The van der Waals surface area contributed by atoms with Crippen molar-refractivity contribution in [2.24, 2.45) is 5.92 Å². The highest BCUT2D eigenvalue weighted by molar-refractivity contribution is 5.81. The molecule has 3 fully saturated rings. The summed E-state index contributed by atoms with van der Waals surface area (Å²) in [6.07, 6.45) is 5.91. The maximum absolute atomic E-state index is 13.9. The monoisotopic (exact) mass is 447 g/mol. The third-order valence-electron chi connectivity index (χ3n) is 7.98. The van der Waals surface area contributed by atoms with Gasteiger partial charge in [-0.3, -0.25) is 4.79 Å². The Bertz CT molecular complexity index is 1010. The number of hydrogen-bond acceptors (Lipinski definition) is 6. The Kier molecular flexibility index (Phi) is 5.54. The van der Waals surface area contributed by atoms with Gasteiger partial charge in [0.15, 0.2) is 0 Å². The number of piperidine rings is 1. The van der Waals surface area contributed by atoms with Crippen LogP contribution in [0.4, 0.5) is 5.95 Å². The van der Waals surface area contributed by atoms with E-state index in [-0.39, 0.29) is 11.8 Å². The van der Waals surface area contributed by atoms with E-state index in [1.807, 2.05) is 6.20 Å². The summed E-state index contributed by atoms with van der Waals surface area (Å²) in [5, 5.41) is 3.49. The molecule has 1 aliphatic carbocycles. The number of ether oxygens (including phenoxy) is 1. The summed E-state index contributed by atoms with van der Waals surface area (Å²) in [5.41, 5.74) is 3.54. The molecule has 2 saturated heterocycles. The van der Waals surface area contributed by atoms with Crippen LogP contribution in [0, 0.1) is 5.92 Å². The summed E-state index contributed by atoms with van der Waals surface area (Å²) in [5.74, 6) is 1.68. The van der Waals surface area contributed by atoms with Crippen LogP contribution in [0.1, 0.15) is 54.3 Å². The van der Waals surface area contributed by atoms with Gasteiger partial charge >= 0.3 is 0 Å². The highest BCUT2D eigenvalue weighted by Gasteiger charge is 2.51. The van der Waals surface area contributed by atoms with E-state index in [4.69, 9.17) is 9.72 Å². The summed E-state index contributed by atoms with van der Waals surface area (Å²) < 4.78 is 5.46. The highest BCUT2D eigenvalue weighted by atomic mass is 16.5. The second kappa shape index (κ2) is 8.69. The number of carbonyl (C=O) groups excluding carboxylic acids is 1. The van der Waals surface area contributed by atoms with Crippen LogP contribution < -0.4 is 5.32 Å². The lowest BCUT2D eigenvalue weighted by molar-refractivity contribution is -0.139. The van der Waals surface area contributed by atoms with Gasteiger partial charge in [-0.15, -0.1) is 0 Å². The third kappa shape index (κ3) is 4.13. The highest BCUT2D eigenvalue weighted by Crippen LogP contribution is 2.51. The van der Waals surface area contributed by atoms with Crippen molar-refractivity contribution in [3.05, 3.63) is 53.3 Å². The predicted octanol–water partition coefficient (Wildman–Crippen LogP) is 3.00. The number of amides is 1. The molecule has 2 aromatic rings. The van der Waals surface area contributed by atoms with Crippen molar-refractivity contribution in [3.63, 3.8) is 0 Å².